The molecule has 1 heterocycles. The fourth-order valence-electron chi connectivity index (χ4n) is 2.70. The van der Waals surface area contributed by atoms with Crippen LogP contribution in [0, 0.1) is 6.92 Å². The SMILES string of the molecule is CC(=O)NCCc1ccc(-c2csc(NC(=O)COc3cccc(C)c3)n2)cc1. The van der Waals surface area contributed by atoms with Crippen LogP contribution in [0.15, 0.2) is 53.9 Å². The van der Waals surface area contributed by atoms with E-state index in [2.05, 4.69) is 15.6 Å². The quantitative estimate of drug-likeness (QED) is 0.593. The highest BCUT2D eigenvalue weighted by molar-refractivity contribution is 7.14. The summed E-state index contributed by atoms with van der Waals surface area (Å²) in [6.07, 6.45) is 0.777. The van der Waals surface area contributed by atoms with E-state index in [0.717, 1.165) is 28.8 Å². The summed E-state index contributed by atoms with van der Waals surface area (Å²) in [5.74, 6) is 0.391. The number of hydrogen-bond acceptors (Lipinski definition) is 5. The summed E-state index contributed by atoms with van der Waals surface area (Å²) in [5, 5.41) is 8.00. The number of ether oxygens (including phenoxy) is 1. The second kappa shape index (κ2) is 9.84. The Bertz CT molecular complexity index is 983. The second-order valence-electron chi connectivity index (χ2n) is 6.62. The summed E-state index contributed by atoms with van der Waals surface area (Å²) in [6.45, 7) is 4.03. The van der Waals surface area contributed by atoms with E-state index in [4.69, 9.17) is 4.74 Å². The first-order valence-electron chi connectivity index (χ1n) is 9.28. The first kappa shape index (κ1) is 20.5. The van der Waals surface area contributed by atoms with Gasteiger partial charge in [-0.2, -0.15) is 0 Å². The normalized spacial score (nSPS) is 10.4. The van der Waals surface area contributed by atoms with E-state index in [1.165, 1.54) is 18.3 Å². The molecule has 150 valence electrons. The summed E-state index contributed by atoms with van der Waals surface area (Å²) >= 11 is 1.37. The van der Waals surface area contributed by atoms with Crippen molar-refractivity contribution in [3.05, 3.63) is 65.0 Å². The number of rotatable bonds is 8. The van der Waals surface area contributed by atoms with Gasteiger partial charge in [-0.25, -0.2) is 4.98 Å². The molecule has 0 saturated heterocycles. The summed E-state index contributed by atoms with van der Waals surface area (Å²) in [7, 11) is 0. The van der Waals surface area contributed by atoms with Crippen LogP contribution in [0.1, 0.15) is 18.1 Å². The van der Waals surface area contributed by atoms with Gasteiger partial charge in [-0.05, 0) is 36.6 Å². The van der Waals surface area contributed by atoms with Crippen molar-refractivity contribution < 1.29 is 14.3 Å². The van der Waals surface area contributed by atoms with Crippen LogP contribution in [0.3, 0.4) is 0 Å². The van der Waals surface area contributed by atoms with Gasteiger partial charge in [0.25, 0.3) is 5.91 Å². The predicted molar refractivity (Wildman–Crippen MR) is 115 cm³/mol. The third-order valence-electron chi connectivity index (χ3n) is 4.15. The zero-order chi connectivity index (χ0) is 20.6. The van der Waals surface area contributed by atoms with E-state index in [1.807, 2.05) is 60.8 Å². The molecule has 0 bridgehead atoms. The number of amides is 2. The number of nitrogens with zero attached hydrogens (tertiary/aromatic N) is 1. The van der Waals surface area contributed by atoms with Gasteiger partial charge in [-0.3, -0.25) is 14.9 Å². The van der Waals surface area contributed by atoms with Gasteiger partial charge in [0, 0.05) is 24.4 Å². The van der Waals surface area contributed by atoms with Gasteiger partial charge in [0.1, 0.15) is 5.75 Å². The molecule has 0 radical (unpaired) electrons. The van der Waals surface area contributed by atoms with Crippen molar-refractivity contribution in [2.45, 2.75) is 20.3 Å². The smallest absolute Gasteiger partial charge is 0.264 e. The lowest BCUT2D eigenvalue weighted by molar-refractivity contribution is -0.119. The Hall–Kier alpha value is -3.19. The molecule has 0 aliphatic rings. The average molecular weight is 410 g/mol. The summed E-state index contributed by atoms with van der Waals surface area (Å²) in [5.41, 5.74) is 3.99. The molecule has 3 rings (SSSR count). The summed E-state index contributed by atoms with van der Waals surface area (Å²) in [6, 6.07) is 15.6. The van der Waals surface area contributed by atoms with E-state index in [-0.39, 0.29) is 18.4 Å². The minimum Gasteiger partial charge on any atom is -0.484 e. The highest BCUT2D eigenvalue weighted by Gasteiger charge is 2.09. The van der Waals surface area contributed by atoms with Gasteiger partial charge in [-0.15, -0.1) is 11.3 Å². The predicted octanol–water partition coefficient (Wildman–Crippen LogP) is 3.81. The zero-order valence-corrected chi connectivity index (χ0v) is 17.2. The molecule has 0 spiro atoms. The number of hydrogen-bond donors (Lipinski definition) is 2. The molecule has 0 saturated carbocycles. The number of carbonyl (C=O) groups is 2. The van der Waals surface area contributed by atoms with Crippen LogP contribution in [-0.4, -0.2) is 29.9 Å². The van der Waals surface area contributed by atoms with Crippen molar-refractivity contribution in [2.24, 2.45) is 0 Å². The van der Waals surface area contributed by atoms with Crippen LogP contribution in [0.2, 0.25) is 0 Å². The largest absolute Gasteiger partial charge is 0.484 e. The molecule has 1 aromatic heterocycles. The van der Waals surface area contributed by atoms with Crippen molar-refractivity contribution in [1.82, 2.24) is 10.3 Å². The van der Waals surface area contributed by atoms with Gasteiger partial charge in [0.05, 0.1) is 5.69 Å². The number of nitrogens with one attached hydrogen (secondary N) is 2. The van der Waals surface area contributed by atoms with Crippen LogP contribution in [0.4, 0.5) is 5.13 Å². The maximum atomic E-state index is 12.1. The van der Waals surface area contributed by atoms with E-state index < -0.39 is 0 Å². The number of benzene rings is 2. The molecule has 0 aliphatic carbocycles. The van der Waals surface area contributed by atoms with Crippen molar-refractivity contribution in [3.8, 4) is 17.0 Å². The number of carbonyl (C=O) groups excluding carboxylic acids is 2. The van der Waals surface area contributed by atoms with Gasteiger partial charge in [0.2, 0.25) is 5.91 Å². The van der Waals surface area contributed by atoms with Crippen molar-refractivity contribution >= 4 is 28.3 Å². The highest BCUT2D eigenvalue weighted by atomic mass is 32.1. The molecular formula is C22H23N3O3S. The molecular weight excluding hydrogens is 386 g/mol. The molecule has 6 nitrogen and oxygen atoms in total. The van der Waals surface area contributed by atoms with Gasteiger partial charge < -0.3 is 10.1 Å². The Morgan fingerprint density at radius 1 is 1.14 bits per heavy atom. The monoisotopic (exact) mass is 409 g/mol. The zero-order valence-electron chi connectivity index (χ0n) is 16.4. The molecule has 0 atom stereocenters. The Labute approximate surface area is 173 Å². The Morgan fingerprint density at radius 2 is 1.93 bits per heavy atom. The van der Waals surface area contributed by atoms with Crippen LogP contribution in [-0.2, 0) is 16.0 Å². The summed E-state index contributed by atoms with van der Waals surface area (Å²) in [4.78, 5) is 27.5. The number of anilines is 1. The second-order valence-corrected chi connectivity index (χ2v) is 7.48. The Morgan fingerprint density at radius 3 is 2.66 bits per heavy atom. The van der Waals surface area contributed by atoms with Gasteiger partial charge >= 0.3 is 0 Å². The topological polar surface area (TPSA) is 80.3 Å². The third kappa shape index (κ3) is 6.43. The first-order valence-corrected chi connectivity index (χ1v) is 10.2. The molecule has 3 aromatic rings. The molecule has 0 unspecified atom stereocenters. The molecule has 2 amide bonds. The summed E-state index contributed by atoms with van der Waals surface area (Å²) < 4.78 is 5.51. The van der Waals surface area contributed by atoms with Crippen molar-refractivity contribution in [1.29, 1.82) is 0 Å². The van der Waals surface area contributed by atoms with E-state index in [1.54, 1.807) is 0 Å². The minimum atomic E-state index is -0.249. The van der Waals surface area contributed by atoms with Crippen LogP contribution in [0.25, 0.3) is 11.3 Å². The standard InChI is InChI=1S/C22H23N3O3S/c1-15-4-3-5-19(12-15)28-13-21(27)25-22-24-20(14-29-22)18-8-6-17(7-9-18)10-11-23-16(2)26/h3-9,12,14H,10-11,13H2,1-2H3,(H,23,26)(H,24,25,27). The highest BCUT2D eigenvalue weighted by Crippen LogP contribution is 2.25. The minimum absolute atomic E-state index is 0.0250. The lowest BCUT2D eigenvalue weighted by Crippen LogP contribution is -2.22. The van der Waals surface area contributed by atoms with Crippen LogP contribution < -0.4 is 15.4 Å². The molecule has 2 N–H and O–H groups in total. The Kier molecular flexibility index (Phi) is 6.97. The number of thiazole rings is 1. The Balaban J connectivity index is 1.52. The third-order valence-corrected chi connectivity index (χ3v) is 4.91. The fourth-order valence-corrected chi connectivity index (χ4v) is 3.43. The van der Waals surface area contributed by atoms with Gasteiger partial charge in [-0.1, -0.05) is 36.4 Å². The molecule has 29 heavy (non-hydrogen) atoms. The number of aromatic nitrogens is 1. The average Bonchev–Trinajstić information content (AvgIpc) is 3.15. The lowest BCUT2D eigenvalue weighted by Gasteiger charge is -2.06. The van der Waals surface area contributed by atoms with Crippen LogP contribution >= 0.6 is 11.3 Å². The molecule has 2 aromatic carbocycles. The molecule has 0 aliphatic heterocycles. The first-order chi connectivity index (χ1) is 14.0. The number of aryl methyl sites for hydroxylation is 1. The van der Waals surface area contributed by atoms with Crippen LogP contribution in [0.5, 0.6) is 5.75 Å². The lowest BCUT2D eigenvalue weighted by atomic mass is 10.1. The fraction of sp³-hybridized carbons (Fsp3) is 0.227. The maximum absolute atomic E-state index is 12.1. The molecule has 7 heteroatoms. The van der Waals surface area contributed by atoms with E-state index in [0.29, 0.717) is 17.4 Å². The maximum Gasteiger partial charge on any atom is 0.264 e. The van der Waals surface area contributed by atoms with E-state index >= 15 is 0 Å². The molecule has 0 fully saturated rings. The van der Waals surface area contributed by atoms with Gasteiger partial charge in [0.15, 0.2) is 11.7 Å². The van der Waals surface area contributed by atoms with Crippen molar-refractivity contribution in [2.75, 3.05) is 18.5 Å². The van der Waals surface area contributed by atoms with Crippen molar-refractivity contribution in [3.63, 3.8) is 0 Å². The van der Waals surface area contributed by atoms with E-state index in [9.17, 15) is 9.59 Å².